The Morgan fingerprint density at radius 1 is 0.882 bits per heavy atom. The van der Waals surface area contributed by atoms with Crippen molar-refractivity contribution in [2.45, 2.75) is 13.8 Å². The van der Waals surface area contributed by atoms with Gasteiger partial charge < -0.3 is 4.74 Å². The zero-order chi connectivity index (χ0) is 12.2. The van der Waals surface area contributed by atoms with E-state index >= 15 is 0 Å². The van der Waals surface area contributed by atoms with E-state index in [4.69, 9.17) is 4.74 Å². The molecule has 0 radical (unpaired) electrons. The van der Waals surface area contributed by atoms with Gasteiger partial charge in [-0.3, -0.25) is 0 Å². The van der Waals surface area contributed by atoms with Gasteiger partial charge in [0.05, 0.1) is 11.1 Å². The summed E-state index contributed by atoms with van der Waals surface area (Å²) in [5.41, 5.74) is 2.87. The number of ether oxygens (including phenoxy) is 1. The monoisotopic (exact) mass is 226 g/mol. The van der Waals surface area contributed by atoms with Gasteiger partial charge in [0.15, 0.2) is 0 Å². The van der Waals surface area contributed by atoms with Crippen LogP contribution in [-0.4, -0.2) is 11.9 Å². The summed E-state index contributed by atoms with van der Waals surface area (Å²) in [5, 5.41) is 1.67. The van der Waals surface area contributed by atoms with Gasteiger partial charge in [-0.15, -0.1) is 0 Å². The lowest BCUT2D eigenvalue weighted by molar-refractivity contribution is 0.0391. The highest BCUT2D eigenvalue weighted by Gasteiger charge is 2.28. The highest BCUT2D eigenvalue weighted by Crippen LogP contribution is 2.32. The van der Waals surface area contributed by atoms with Gasteiger partial charge in [0.1, 0.15) is 0 Å². The average molecular weight is 226 g/mol. The van der Waals surface area contributed by atoms with E-state index < -0.39 is 11.9 Å². The zero-order valence-electron chi connectivity index (χ0n) is 9.53. The molecule has 3 heteroatoms. The number of hydrogen-bond donors (Lipinski definition) is 0. The van der Waals surface area contributed by atoms with E-state index in [9.17, 15) is 9.59 Å². The molecule has 2 aromatic rings. The third kappa shape index (κ3) is 1.22. The van der Waals surface area contributed by atoms with Gasteiger partial charge in [0.25, 0.3) is 0 Å². The molecule has 1 aliphatic heterocycles. The van der Waals surface area contributed by atoms with E-state index in [-0.39, 0.29) is 0 Å². The third-order valence-corrected chi connectivity index (χ3v) is 3.22. The number of cyclic esters (lactones) is 2. The van der Waals surface area contributed by atoms with Crippen molar-refractivity contribution in [3.05, 3.63) is 46.5 Å². The number of aryl methyl sites for hydroxylation is 2. The second kappa shape index (κ2) is 3.17. The third-order valence-electron chi connectivity index (χ3n) is 3.22. The summed E-state index contributed by atoms with van der Waals surface area (Å²) >= 11 is 0. The average Bonchev–Trinajstić information content (AvgIpc) is 2.27. The molecule has 0 saturated heterocycles. The number of carbonyl (C=O) groups is 2. The highest BCUT2D eigenvalue weighted by atomic mass is 16.6. The number of esters is 2. The van der Waals surface area contributed by atoms with Crippen LogP contribution in [-0.2, 0) is 4.74 Å². The van der Waals surface area contributed by atoms with Crippen LogP contribution in [0.5, 0.6) is 0 Å². The molecule has 0 amide bonds. The molecule has 0 unspecified atom stereocenters. The van der Waals surface area contributed by atoms with Gasteiger partial charge in [0.2, 0.25) is 0 Å². The van der Waals surface area contributed by atoms with Gasteiger partial charge >= 0.3 is 11.9 Å². The van der Waals surface area contributed by atoms with E-state index in [1.807, 2.05) is 32.0 Å². The summed E-state index contributed by atoms with van der Waals surface area (Å²) in [6.45, 7) is 3.81. The molecule has 0 N–H and O–H groups in total. The molecule has 3 nitrogen and oxygen atoms in total. The first-order valence-corrected chi connectivity index (χ1v) is 5.39. The summed E-state index contributed by atoms with van der Waals surface area (Å²) < 4.78 is 4.75. The van der Waals surface area contributed by atoms with Crippen LogP contribution in [0.1, 0.15) is 31.8 Å². The summed E-state index contributed by atoms with van der Waals surface area (Å²) in [4.78, 5) is 23.4. The molecule has 1 aliphatic rings. The Bertz CT molecular complexity index is 683. The lowest BCUT2D eigenvalue weighted by Gasteiger charge is -2.18. The van der Waals surface area contributed by atoms with Crippen molar-refractivity contribution in [3.8, 4) is 0 Å². The Hall–Kier alpha value is -2.16. The number of rotatable bonds is 0. The quantitative estimate of drug-likeness (QED) is 0.512. The van der Waals surface area contributed by atoms with Gasteiger partial charge in [-0.1, -0.05) is 18.2 Å². The first-order chi connectivity index (χ1) is 8.09. The minimum absolute atomic E-state index is 0.476. The van der Waals surface area contributed by atoms with Crippen molar-refractivity contribution in [2.24, 2.45) is 0 Å². The van der Waals surface area contributed by atoms with Crippen LogP contribution < -0.4 is 0 Å². The Morgan fingerprint density at radius 2 is 1.59 bits per heavy atom. The molecule has 0 saturated carbocycles. The van der Waals surface area contributed by atoms with Crippen LogP contribution >= 0.6 is 0 Å². The van der Waals surface area contributed by atoms with Crippen LogP contribution in [0.4, 0.5) is 0 Å². The highest BCUT2D eigenvalue weighted by molar-refractivity contribution is 6.21. The second-order valence-corrected chi connectivity index (χ2v) is 4.29. The van der Waals surface area contributed by atoms with Crippen molar-refractivity contribution < 1.29 is 14.3 Å². The molecule has 0 atom stereocenters. The molecule has 84 valence electrons. The maximum Gasteiger partial charge on any atom is 0.346 e. The molecular weight excluding hydrogens is 216 g/mol. The summed E-state index contributed by atoms with van der Waals surface area (Å²) in [6.07, 6.45) is 0. The van der Waals surface area contributed by atoms with E-state index in [0.29, 0.717) is 11.1 Å². The molecule has 0 bridgehead atoms. The van der Waals surface area contributed by atoms with E-state index in [1.54, 1.807) is 6.07 Å². The van der Waals surface area contributed by atoms with Crippen LogP contribution in [0.15, 0.2) is 24.3 Å². The molecule has 0 spiro atoms. The number of carbonyl (C=O) groups excluding carboxylic acids is 2. The maximum absolute atomic E-state index is 11.8. The smallest absolute Gasteiger partial charge is 0.346 e. The first kappa shape index (κ1) is 10.0. The van der Waals surface area contributed by atoms with Crippen molar-refractivity contribution in [3.63, 3.8) is 0 Å². The fourth-order valence-electron chi connectivity index (χ4n) is 2.32. The predicted octanol–water partition coefficient (Wildman–Crippen LogP) is 2.77. The molecular formula is C14H10O3. The molecule has 0 fully saturated rings. The Morgan fingerprint density at radius 3 is 2.35 bits per heavy atom. The largest absolute Gasteiger partial charge is 0.386 e. The molecule has 1 heterocycles. The summed E-state index contributed by atoms with van der Waals surface area (Å²) in [7, 11) is 0. The van der Waals surface area contributed by atoms with Gasteiger partial charge in [-0.25, -0.2) is 9.59 Å². The summed E-state index contributed by atoms with van der Waals surface area (Å²) in [5.74, 6) is -1.10. The van der Waals surface area contributed by atoms with Crippen LogP contribution in [0.25, 0.3) is 10.8 Å². The minimum atomic E-state index is -0.557. The molecule has 0 aromatic heterocycles. The lowest BCUT2D eigenvalue weighted by Crippen LogP contribution is -2.20. The van der Waals surface area contributed by atoms with E-state index in [1.165, 1.54) is 0 Å². The fraction of sp³-hybridized carbons (Fsp3) is 0.143. The van der Waals surface area contributed by atoms with Gasteiger partial charge in [0, 0.05) is 5.39 Å². The number of hydrogen-bond acceptors (Lipinski definition) is 3. The minimum Gasteiger partial charge on any atom is -0.386 e. The topological polar surface area (TPSA) is 43.4 Å². The molecule has 17 heavy (non-hydrogen) atoms. The van der Waals surface area contributed by atoms with Crippen molar-refractivity contribution in [1.29, 1.82) is 0 Å². The predicted molar refractivity (Wildman–Crippen MR) is 63.2 cm³/mol. The maximum atomic E-state index is 11.8. The Kier molecular flexibility index (Phi) is 1.87. The van der Waals surface area contributed by atoms with Crippen LogP contribution in [0, 0.1) is 13.8 Å². The van der Waals surface area contributed by atoms with E-state index in [2.05, 4.69) is 0 Å². The number of benzene rings is 2. The molecule has 3 rings (SSSR count). The van der Waals surface area contributed by atoms with Crippen molar-refractivity contribution >= 4 is 22.7 Å². The van der Waals surface area contributed by atoms with Gasteiger partial charge in [-0.05, 0) is 36.4 Å². The standard InChI is InChI=1S/C14H10O3/c1-7-3-6-10-12-9(7)5-4-8(2)11(12)14(16)17-13(10)15/h3-6H,1-2H3. The summed E-state index contributed by atoms with van der Waals surface area (Å²) in [6, 6.07) is 7.41. The van der Waals surface area contributed by atoms with Crippen molar-refractivity contribution in [2.75, 3.05) is 0 Å². The van der Waals surface area contributed by atoms with Crippen LogP contribution in [0.2, 0.25) is 0 Å². The fourth-order valence-corrected chi connectivity index (χ4v) is 2.32. The lowest BCUT2D eigenvalue weighted by atomic mass is 9.92. The normalized spacial score (nSPS) is 14.0. The SMILES string of the molecule is Cc1ccc2c(C)ccc3c2c1C(=O)OC3=O. The Labute approximate surface area is 98.0 Å². The molecule has 2 aromatic carbocycles. The Balaban J connectivity index is 2.60. The zero-order valence-corrected chi connectivity index (χ0v) is 9.53. The van der Waals surface area contributed by atoms with E-state index in [0.717, 1.165) is 21.9 Å². The molecule has 0 aliphatic carbocycles. The second-order valence-electron chi connectivity index (χ2n) is 4.29. The van der Waals surface area contributed by atoms with Crippen LogP contribution in [0.3, 0.4) is 0 Å². The van der Waals surface area contributed by atoms with Gasteiger partial charge in [-0.2, -0.15) is 0 Å². The first-order valence-electron chi connectivity index (χ1n) is 5.39. The van der Waals surface area contributed by atoms with Crippen molar-refractivity contribution in [1.82, 2.24) is 0 Å².